The van der Waals surface area contributed by atoms with Crippen molar-refractivity contribution >= 4 is 23.0 Å². The summed E-state index contributed by atoms with van der Waals surface area (Å²) in [5.74, 6) is -1.39. The summed E-state index contributed by atoms with van der Waals surface area (Å²) in [6.45, 7) is 8.60. The average Bonchev–Trinajstić information content (AvgIpc) is 2.86. The third-order valence-corrected chi connectivity index (χ3v) is 4.13. The van der Waals surface area contributed by atoms with E-state index >= 15 is 0 Å². The number of amides is 1. The molecule has 23 heavy (non-hydrogen) atoms. The fraction of sp³-hybridized carbons (Fsp3) is 0.500. The normalized spacial score (nSPS) is 12.0. The maximum absolute atomic E-state index is 12.9. The second-order valence-electron chi connectivity index (χ2n) is 6.43. The molecule has 124 valence electrons. The number of carbonyl (C=O) groups excluding carboxylic acids is 1. The zero-order valence-electron chi connectivity index (χ0n) is 14.2. The fourth-order valence-corrected chi connectivity index (χ4v) is 2.16. The number of aryl methyl sites for hydroxylation is 1. The third kappa shape index (κ3) is 2.78. The van der Waals surface area contributed by atoms with Crippen LogP contribution in [0, 0.1) is 6.92 Å². The van der Waals surface area contributed by atoms with Crippen LogP contribution in [0.4, 0.5) is 0 Å². The molecule has 1 amide bonds. The number of carboxylic acids is 1. The number of fused-ring (bicyclic) bond motifs is 1. The van der Waals surface area contributed by atoms with Crippen LogP contribution < -0.4 is 0 Å². The van der Waals surface area contributed by atoms with E-state index in [0.29, 0.717) is 28.1 Å². The third-order valence-electron chi connectivity index (χ3n) is 4.13. The summed E-state index contributed by atoms with van der Waals surface area (Å²) in [7, 11) is 1.47. The minimum atomic E-state index is -1.34. The Kier molecular flexibility index (Phi) is 4.15. The van der Waals surface area contributed by atoms with Crippen LogP contribution in [0.5, 0.6) is 0 Å². The van der Waals surface area contributed by atoms with E-state index in [2.05, 4.69) is 10.1 Å². The van der Waals surface area contributed by atoms with Crippen molar-refractivity contribution in [1.29, 1.82) is 0 Å². The van der Waals surface area contributed by atoms with Crippen LogP contribution in [0.1, 0.15) is 55.4 Å². The number of carboxylic acid groups (broad SMARTS) is 1. The molecule has 0 aliphatic carbocycles. The van der Waals surface area contributed by atoms with Gasteiger partial charge in [0.25, 0.3) is 11.6 Å². The molecule has 0 unspecified atom stereocenters. The van der Waals surface area contributed by atoms with E-state index in [1.165, 1.54) is 25.8 Å². The van der Waals surface area contributed by atoms with Gasteiger partial charge < -0.3 is 14.5 Å². The first-order valence-corrected chi connectivity index (χ1v) is 7.35. The summed E-state index contributed by atoms with van der Waals surface area (Å²) < 4.78 is 5.19. The van der Waals surface area contributed by atoms with Gasteiger partial charge >= 0.3 is 5.97 Å². The Labute approximate surface area is 134 Å². The van der Waals surface area contributed by atoms with Gasteiger partial charge in [-0.15, -0.1) is 0 Å². The summed E-state index contributed by atoms with van der Waals surface area (Å²) in [6.07, 6.45) is 0. The maximum atomic E-state index is 12.9. The zero-order valence-corrected chi connectivity index (χ0v) is 14.2. The maximum Gasteiger partial charge on any atom is 0.329 e. The molecular formula is C16H21N3O4. The van der Waals surface area contributed by atoms with Gasteiger partial charge in [0.1, 0.15) is 5.54 Å². The predicted molar refractivity (Wildman–Crippen MR) is 84.4 cm³/mol. The minimum Gasteiger partial charge on any atom is -0.480 e. The molecule has 7 nitrogen and oxygen atoms in total. The predicted octanol–water partition coefficient (Wildman–Crippen LogP) is 2.59. The smallest absolute Gasteiger partial charge is 0.329 e. The SMILES string of the molecule is Cc1noc2nc(C(C)C)cc(C(=O)N(C)C(C)(C)C(=O)O)c12. The molecule has 0 aliphatic heterocycles. The molecule has 0 radical (unpaired) electrons. The highest BCUT2D eigenvalue weighted by Gasteiger charge is 2.36. The van der Waals surface area contributed by atoms with Crippen molar-refractivity contribution in [3.63, 3.8) is 0 Å². The summed E-state index contributed by atoms with van der Waals surface area (Å²) in [6, 6.07) is 1.69. The number of hydrogen-bond acceptors (Lipinski definition) is 5. The average molecular weight is 319 g/mol. The number of aliphatic carboxylic acids is 1. The molecule has 0 aromatic carbocycles. The molecule has 0 spiro atoms. The minimum absolute atomic E-state index is 0.0918. The van der Waals surface area contributed by atoms with Gasteiger partial charge in [-0.3, -0.25) is 4.79 Å². The summed E-state index contributed by atoms with van der Waals surface area (Å²) >= 11 is 0. The summed E-state index contributed by atoms with van der Waals surface area (Å²) in [4.78, 5) is 29.9. The van der Waals surface area contributed by atoms with Gasteiger partial charge in [0.2, 0.25) is 0 Å². The van der Waals surface area contributed by atoms with Crippen LogP contribution in [0.15, 0.2) is 10.6 Å². The largest absolute Gasteiger partial charge is 0.480 e. The van der Waals surface area contributed by atoms with Crippen LogP contribution in [-0.2, 0) is 4.79 Å². The number of aromatic nitrogens is 2. The Balaban J connectivity index is 2.64. The van der Waals surface area contributed by atoms with Crippen LogP contribution in [-0.4, -0.2) is 44.6 Å². The summed E-state index contributed by atoms with van der Waals surface area (Å²) in [5, 5.41) is 13.7. The standard InChI is InChI=1S/C16H21N3O4/c1-8(2)11-7-10(12-9(3)18-23-13(12)17-11)14(20)19(6)16(4,5)15(21)22/h7-8H,1-6H3,(H,21,22). The molecule has 0 saturated carbocycles. The Bertz CT molecular complexity index is 777. The summed E-state index contributed by atoms with van der Waals surface area (Å²) in [5.41, 5.74) is 0.550. The molecule has 0 saturated heterocycles. The van der Waals surface area contributed by atoms with Crippen molar-refractivity contribution in [2.75, 3.05) is 7.05 Å². The van der Waals surface area contributed by atoms with Crippen LogP contribution in [0.3, 0.4) is 0 Å². The topological polar surface area (TPSA) is 96.5 Å². The van der Waals surface area contributed by atoms with E-state index in [4.69, 9.17) is 4.52 Å². The molecule has 2 aromatic rings. The zero-order chi connectivity index (χ0) is 17.5. The van der Waals surface area contributed by atoms with Crippen LogP contribution in [0.2, 0.25) is 0 Å². The van der Waals surface area contributed by atoms with E-state index in [0.717, 1.165) is 0 Å². The lowest BCUT2D eigenvalue weighted by Gasteiger charge is -2.31. The molecule has 0 bridgehead atoms. The van der Waals surface area contributed by atoms with Gasteiger partial charge in [0.05, 0.1) is 16.6 Å². The Morgan fingerprint density at radius 2 is 1.96 bits per heavy atom. The van der Waals surface area contributed by atoms with E-state index in [9.17, 15) is 14.7 Å². The molecular weight excluding hydrogens is 298 g/mol. The van der Waals surface area contributed by atoms with E-state index in [-0.39, 0.29) is 5.92 Å². The van der Waals surface area contributed by atoms with Gasteiger partial charge in [0, 0.05) is 12.7 Å². The number of rotatable bonds is 4. The van der Waals surface area contributed by atoms with E-state index in [1.54, 1.807) is 13.0 Å². The first-order chi connectivity index (χ1) is 10.6. The lowest BCUT2D eigenvalue weighted by atomic mass is 9.99. The molecule has 2 rings (SSSR count). The molecule has 0 fully saturated rings. The van der Waals surface area contributed by atoms with Crippen molar-refractivity contribution < 1.29 is 19.2 Å². The number of pyridine rings is 1. The second kappa shape index (κ2) is 5.64. The lowest BCUT2D eigenvalue weighted by Crippen LogP contribution is -2.50. The highest BCUT2D eigenvalue weighted by molar-refractivity contribution is 6.07. The van der Waals surface area contributed by atoms with Crippen LogP contribution in [0.25, 0.3) is 11.1 Å². The first-order valence-electron chi connectivity index (χ1n) is 7.35. The molecule has 2 aromatic heterocycles. The molecule has 0 atom stereocenters. The van der Waals surface area contributed by atoms with Gasteiger partial charge in [-0.1, -0.05) is 19.0 Å². The van der Waals surface area contributed by atoms with Crippen molar-refractivity contribution in [1.82, 2.24) is 15.0 Å². The van der Waals surface area contributed by atoms with Crippen LogP contribution >= 0.6 is 0 Å². The monoisotopic (exact) mass is 319 g/mol. The van der Waals surface area contributed by atoms with Crippen molar-refractivity contribution in [2.24, 2.45) is 0 Å². The number of hydrogen-bond donors (Lipinski definition) is 1. The lowest BCUT2D eigenvalue weighted by molar-refractivity contribution is -0.147. The van der Waals surface area contributed by atoms with Crippen molar-refractivity contribution in [3.05, 3.63) is 23.0 Å². The van der Waals surface area contributed by atoms with E-state index in [1.807, 2.05) is 13.8 Å². The van der Waals surface area contributed by atoms with Gasteiger partial charge in [0.15, 0.2) is 0 Å². The molecule has 1 N–H and O–H groups in total. The molecule has 2 heterocycles. The Morgan fingerprint density at radius 1 is 1.35 bits per heavy atom. The fourth-order valence-electron chi connectivity index (χ4n) is 2.16. The molecule has 0 aliphatic rings. The van der Waals surface area contributed by atoms with Gasteiger partial charge in [-0.05, 0) is 32.8 Å². The van der Waals surface area contributed by atoms with Gasteiger partial charge in [-0.2, -0.15) is 0 Å². The quantitative estimate of drug-likeness (QED) is 0.930. The highest BCUT2D eigenvalue weighted by atomic mass is 16.5. The van der Waals surface area contributed by atoms with E-state index < -0.39 is 17.4 Å². The highest BCUT2D eigenvalue weighted by Crippen LogP contribution is 2.27. The number of nitrogens with zero attached hydrogens (tertiary/aromatic N) is 3. The Hall–Kier alpha value is -2.44. The van der Waals surface area contributed by atoms with Gasteiger partial charge in [-0.25, -0.2) is 9.78 Å². The number of carbonyl (C=O) groups is 2. The number of likely N-dealkylation sites (N-methyl/N-ethyl adjacent to an activating group) is 1. The Morgan fingerprint density at radius 3 is 2.48 bits per heavy atom. The second-order valence-corrected chi connectivity index (χ2v) is 6.43. The molecule has 7 heteroatoms. The van der Waals surface area contributed by atoms with Crippen molar-refractivity contribution in [3.8, 4) is 0 Å². The van der Waals surface area contributed by atoms with Crippen molar-refractivity contribution in [2.45, 2.75) is 46.1 Å². The first kappa shape index (κ1) is 16.9.